The van der Waals surface area contributed by atoms with Crippen LogP contribution >= 0.6 is 43.5 Å². The topological polar surface area (TPSA) is 55.6 Å². The highest BCUT2D eigenvalue weighted by Crippen LogP contribution is 2.39. The number of rotatable bonds is 4. The van der Waals surface area contributed by atoms with E-state index in [2.05, 4.69) is 82.8 Å². The number of aromatic amines is 2. The predicted molar refractivity (Wildman–Crippen MR) is 188 cm³/mol. The van der Waals surface area contributed by atoms with Crippen molar-refractivity contribution >= 4 is 76.6 Å². The van der Waals surface area contributed by atoms with Gasteiger partial charge in [0.25, 0.3) is 0 Å². The second kappa shape index (κ2) is 12.6. The highest BCUT2D eigenvalue weighted by molar-refractivity contribution is 9.10. The van der Waals surface area contributed by atoms with E-state index in [1.807, 2.05) is 36.4 Å². The number of nitrogens with one attached hydrogen (secondary N) is 4. The number of aromatic nitrogens is 2. The number of fused-ring (bicyclic) bond motifs is 6. The number of halogens is 4. The molecule has 2 heterocycles. The van der Waals surface area contributed by atoms with Crippen LogP contribution in [0.4, 0.5) is 15.8 Å². The second-order valence-corrected chi connectivity index (χ2v) is 13.8. The van der Waals surface area contributed by atoms with E-state index in [4.69, 9.17) is 11.6 Å². The van der Waals surface area contributed by atoms with Gasteiger partial charge in [-0.2, -0.15) is 0 Å². The molecule has 8 heteroatoms. The number of anilines is 2. The molecule has 4 aromatic carbocycles. The van der Waals surface area contributed by atoms with E-state index in [9.17, 15) is 4.39 Å². The molecule has 2 unspecified atom stereocenters. The zero-order valence-electron chi connectivity index (χ0n) is 24.0. The molecular formula is C36H32Br2ClFN4. The minimum atomic E-state index is -0.200. The van der Waals surface area contributed by atoms with Gasteiger partial charge in [-0.15, -0.1) is 0 Å². The van der Waals surface area contributed by atoms with Gasteiger partial charge in [-0.3, -0.25) is 0 Å². The molecule has 4 N–H and O–H groups in total. The fraction of sp³-hybridized carbons (Fsp3) is 0.222. The molecule has 0 saturated carbocycles. The first-order chi connectivity index (χ1) is 21.4. The molecule has 44 heavy (non-hydrogen) atoms. The van der Waals surface area contributed by atoms with Gasteiger partial charge < -0.3 is 20.6 Å². The monoisotopic (exact) mass is 732 g/mol. The Kier molecular flexibility index (Phi) is 8.45. The SMILES string of the molecule is Clc1ccccc1NC1CCCc2c1[nH]c1ccc(Br)cc21.Fc1ccccc1NC1CCCc2c1[nH]c1ccc(Br)cc21. The molecule has 2 aromatic heterocycles. The average Bonchev–Trinajstić information content (AvgIpc) is 3.59. The summed E-state index contributed by atoms with van der Waals surface area (Å²) >= 11 is 13.4. The lowest BCUT2D eigenvalue weighted by atomic mass is 9.91. The third-order valence-corrected chi connectivity index (χ3v) is 10.1. The van der Waals surface area contributed by atoms with Crippen LogP contribution in [-0.2, 0) is 12.8 Å². The zero-order valence-corrected chi connectivity index (χ0v) is 27.9. The van der Waals surface area contributed by atoms with Gasteiger partial charge in [-0.05, 0) is 110 Å². The first-order valence-electron chi connectivity index (χ1n) is 15.1. The maximum atomic E-state index is 13.9. The van der Waals surface area contributed by atoms with Gasteiger partial charge in [-0.25, -0.2) is 4.39 Å². The van der Waals surface area contributed by atoms with E-state index in [1.165, 1.54) is 51.3 Å². The largest absolute Gasteiger partial charge is 0.376 e. The van der Waals surface area contributed by atoms with Crippen LogP contribution in [0.1, 0.15) is 60.3 Å². The minimum Gasteiger partial charge on any atom is -0.376 e. The zero-order chi connectivity index (χ0) is 30.2. The number of hydrogen-bond donors (Lipinski definition) is 4. The van der Waals surface area contributed by atoms with Crippen molar-refractivity contribution in [2.75, 3.05) is 10.6 Å². The summed E-state index contributed by atoms with van der Waals surface area (Å²) in [5.41, 5.74) is 9.23. The normalized spacial score (nSPS) is 17.5. The van der Waals surface area contributed by atoms with Gasteiger partial charge in [0.1, 0.15) is 5.82 Å². The van der Waals surface area contributed by atoms with Crippen LogP contribution in [0.25, 0.3) is 21.8 Å². The third-order valence-electron chi connectivity index (χ3n) is 8.75. The lowest BCUT2D eigenvalue weighted by molar-refractivity contribution is 0.580. The predicted octanol–water partition coefficient (Wildman–Crippen LogP) is 11.6. The van der Waals surface area contributed by atoms with E-state index in [0.717, 1.165) is 57.3 Å². The first kappa shape index (κ1) is 29.5. The van der Waals surface area contributed by atoms with Crippen LogP contribution in [0.5, 0.6) is 0 Å². The fourth-order valence-electron chi connectivity index (χ4n) is 6.69. The summed E-state index contributed by atoms with van der Waals surface area (Å²) in [6.07, 6.45) is 6.63. The number of benzene rings is 4. The summed E-state index contributed by atoms with van der Waals surface area (Å²) < 4.78 is 16.1. The summed E-state index contributed by atoms with van der Waals surface area (Å²) in [6.45, 7) is 0. The molecular weight excluding hydrogens is 703 g/mol. The summed E-state index contributed by atoms with van der Waals surface area (Å²) in [4.78, 5) is 7.13. The second-order valence-electron chi connectivity index (χ2n) is 11.6. The summed E-state index contributed by atoms with van der Waals surface area (Å²) in [7, 11) is 0. The molecule has 2 aliphatic rings. The van der Waals surface area contributed by atoms with Gasteiger partial charge in [0, 0.05) is 42.1 Å². The first-order valence-corrected chi connectivity index (χ1v) is 17.0. The molecule has 8 rings (SSSR count). The molecule has 4 nitrogen and oxygen atoms in total. The van der Waals surface area contributed by atoms with E-state index >= 15 is 0 Å². The maximum absolute atomic E-state index is 13.9. The van der Waals surface area contributed by atoms with Gasteiger partial charge in [0.2, 0.25) is 0 Å². The highest BCUT2D eigenvalue weighted by Gasteiger charge is 2.26. The molecule has 6 aromatic rings. The number of para-hydroxylation sites is 2. The van der Waals surface area contributed by atoms with Crippen molar-refractivity contribution in [1.29, 1.82) is 0 Å². The Morgan fingerprint density at radius 1 is 0.659 bits per heavy atom. The standard InChI is InChI=1S/C18H16BrClN2.C18H16BrFN2/c2*19-11-8-9-15-13(10-11)12-4-3-7-17(18(12)22-15)21-16-6-2-1-5-14(16)20/h2*1-2,5-6,8-10,17,21-22H,3-4,7H2. The minimum absolute atomic E-state index is 0.131. The van der Waals surface area contributed by atoms with Crippen LogP contribution in [-0.4, -0.2) is 9.97 Å². The Morgan fingerprint density at radius 3 is 1.70 bits per heavy atom. The molecule has 0 bridgehead atoms. The summed E-state index contributed by atoms with van der Waals surface area (Å²) in [6, 6.07) is 28.0. The number of hydrogen-bond acceptors (Lipinski definition) is 2. The molecule has 0 spiro atoms. The summed E-state index contributed by atoms with van der Waals surface area (Å²) in [5, 5.41) is 10.3. The van der Waals surface area contributed by atoms with Crippen LogP contribution in [0.3, 0.4) is 0 Å². The van der Waals surface area contributed by atoms with Crippen LogP contribution in [0.2, 0.25) is 5.02 Å². The lowest BCUT2D eigenvalue weighted by Gasteiger charge is -2.25. The Balaban J connectivity index is 0.000000142. The quantitative estimate of drug-likeness (QED) is 0.146. The molecule has 0 amide bonds. The van der Waals surface area contributed by atoms with E-state index < -0.39 is 0 Å². The molecule has 224 valence electrons. The van der Waals surface area contributed by atoms with Crippen molar-refractivity contribution in [3.8, 4) is 0 Å². The number of aryl methyl sites for hydroxylation is 2. The Morgan fingerprint density at radius 2 is 1.16 bits per heavy atom. The van der Waals surface area contributed by atoms with Crippen molar-refractivity contribution in [2.45, 2.75) is 50.6 Å². The van der Waals surface area contributed by atoms with Crippen molar-refractivity contribution in [2.24, 2.45) is 0 Å². The fourth-order valence-corrected chi connectivity index (χ4v) is 7.60. The van der Waals surface area contributed by atoms with Crippen molar-refractivity contribution < 1.29 is 4.39 Å². The number of H-pyrrole nitrogens is 2. The maximum Gasteiger partial charge on any atom is 0.146 e. The average molecular weight is 735 g/mol. The molecule has 0 radical (unpaired) electrons. The van der Waals surface area contributed by atoms with Gasteiger partial charge in [0.15, 0.2) is 0 Å². The lowest BCUT2D eigenvalue weighted by Crippen LogP contribution is -2.17. The van der Waals surface area contributed by atoms with Crippen molar-refractivity contribution in [1.82, 2.24) is 9.97 Å². The highest BCUT2D eigenvalue weighted by atomic mass is 79.9. The Labute approximate surface area is 278 Å². The summed E-state index contributed by atoms with van der Waals surface area (Å²) in [5.74, 6) is -0.200. The molecule has 2 aliphatic carbocycles. The van der Waals surface area contributed by atoms with Gasteiger partial charge in [-0.1, -0.05) is 67.7 Å². The molecule has 0 aliphatic heterocycles. The van der Waals surface area contributed by atoms with Gasteiger partial charge in [0.05, 0.1) is 28.5 Å². The van der Waals surface area contributed by atoms with Crippen molar-refractivity contribution in [3.63, 3.8) is 0 Å². The van der Waals surface area contributed by atoms with Crippen LogP contribution < -0.4 is 10.6 Å². The van der Waals surface area contributed by atoms with Crippen molar-refractivity contribution in [3.05, 3.63) is 127 Å². The Bertz CT molecular complexity index is 1820. The molecule has 0 saturated heterocycles. The molecule has 0 fully saturated rings. The molecule has 2 atom stereocenters. The van der Waals surface area contributed by atoms with Crippen LogP contribution in [0.15, 0.2) is 93.9 Å². The smallest absolute Gasteiger partial charge is 0.146 e. The Hall–Kier alpha value is -3.26. The van der Waals surface area contributed by atoms with Gasteiger partial charge >= 0.3 is 0 Å². The third kappa shape index (κ3) is 5.90. The van der Waals surface area contributed by atoms with Crippen LogP contribution in [0, 0.1) is 5.82 Å². The van der Waals surface area contributed by atoms with E-state index in [-0.39, 0.29) is 17.9 Å². The van der Waals surface area contributed by atoms with E-state index in [0.29, 0.717) is 5.69 Å². The van der Waals surface area contributed by atoms with E-state index in [1.54, 1.807) is 12.1 Å².